The van der Waals surface area contributed by atoms with Gasteiger partial charge in [-0.1, -0.05) is 23.8 Å². The maximum Gasteiger partial charge on any atom is 3.00 e. The molecular formula is C15H14F2IrN3. The van der Waals surface area contributed by atoms with Crippen LogP contribution in [0.1, 0.15) is 0 Å². The normalized spacial score (nSPS) is 8.00. The van der Waals surface area contributed by atoms with Gasteiger partial charge in [-0.25, -0.2) is 0 Å². The zero-order chi connectivity index (χ0) is 15.4. The Hall–Kier alpha value is -1.78. The predicted octanol–water partition coefficient (Wildman–Crippen LogP) is 3.21. The molecule has 0 spiro atoms. The standard InChI is InChI=1S/C11H6F2N.2C2H4N.Ir/c12-8-4-5-9(10(13)7-8)11-3-1-2-6-14-11;2*1-3-2;/h1-4,6-7H;2*1H,2H3;/q3*-1;+3. The number of rotatable bonds is 1. The topological polar surface area (TPSA) is 37.6 Å². The molecule has 1 aromatic heterocycles. The second-order valence-electron chi connectivity index (χ2n) is 3.27. The first-order chi connectivity index (χ1) is 9.60. The van der Waals surface area contributed by atoms with Crippen molar-refractivity contribution >= 4 is 13.4 Å². The molecule has 0 aliphatic rings. The van der Waals surface area contributed by atoms with Crippen LogP contribution in [0, 0.1) is 17.7 Å². The van der Waals surface area contributed by atoms with Gasteiger partial charge in [0.25, 0.3) is 0 Å². The Labute approximate surface area is 137 Å². The molecular weight excluding hydrogens is 452 g/mol. The predicted molar refractivity (Wildman–Crippen MR) is 77.3 cm³/mol. The summed E-state index contributed by atoms with van der Waals surface area (Å²) in [5.41, 5.74) is 0.636. The van der Waals surface area contributed by atoms with Gasteiger partial charge in [0.15, 0.2) is 0 Å². The van der Waals surface area contributed by atoms with Crippen LogP contribution in [-0.2, 0) is 20.1 Å². The first-order valence-corrected chi connectivity index (χ1v) is 5.46. The second kappa shape index (κ2) is 13.2. The Morgan fingerprint density at radius 1 is 1.14 bits per heavy atom. The fourth-order valence-corrected chi connectivity index (χ4v) is 1.15. The molecule has 0 saturated heterocycles. The molecule has 21 heavy (non-hydrogen) atoms. The zero-order valence-electron chi connectivity index (χ0n) is 11.5. The number of nitrogens with zero attached hydrogens (tertiary/aromatic N) is 3. The van der Waals surface area contributed by atoms with Crippen molar-refractivity contribution < 1.29 is 28.9 Å². The largest absolute Gasteiger partial charge is 3.00 e. The molecule has 0 bridgehead atoms. The van der Waals surface area contributed by atoms with E-state index < -0.39 is 11.6 Å². The molecule has 0 radical (unpaired) electrons. The summed E-state index contributed by atoms with van der Waals surface area (Å²) in [6, 6.07) is 9.53. The van der Waals surface area contributed by atoms with Crippen molar-refractivity contribution in [3.8, 4) is 11.3 Å². The average Bonchev–Trinajstić information content (AvgIpc) is 2.41. The van der Waals surface area contributed by atoms with Crippen LogP contribution in [0.2, 0.25) is 0 Å². The van der Waals surface area contributed by atoms with E-state index in [0.29, 0.717) is 5.69 Å². The van der Waals surface area contributed by atoms with Gasteiger partial charge in [0.1, 0.15) is 0 Å². The van der Waals surface area contributed by atoms with Crippen molar-refractivity contribution in [2.24, 2.45) is 9.98 Å². The Morgan fingerprint density at radius 2 is 1.71 bits per heavy atom. The number of aliphatic imine (C=N–C) groups is 2. The van der Waals surface area contributed by atoms with Crippen LogP contribution in [0.4, 0.5) is 8.78 Å². The third-order valence-corrected chi connectivity index (χ3v) is 1.78. The minimum Gasteiger partial charge on any atom is -0.509 e. The third-order valence-electron chi connectivity index (χ3n) is 1.78. The van der Waals surface area contributed by atoms with E-state index in [2.05, 4.69) is 34.5 Å². The van der Waals surface area contributed by atoms with Crippen molar-refractivity contribution in [3.63, 3.8) is 0 Å². The molecule has 0 unspecified atom stereocenters. The molecule has 0 N–H and O–H groups in total. The van der Waals surface area contributed by atoms with Gasteiger partial charge in [-0.2, -0.15) is 0 Å². The minimum absolute atomic E-state index is 0. The Bertz CT molecular complexity index is 528. The number of aromatic nitrogens is 1. The van der Waals surface area contributed by atoms with Gasteiger partial charge in [-0.15, -0.1) is 12.1 Å². The summed E-state index contributed by atoms with van der Waals surface area (Å²) in [6.45, 7) is 8.94. The van der Waals surface area contributed by atoms with Gasteiger partial charge in [-0.3, -0.25) is 8.78 Å². The molecule has 2 rings (SSSR count). The number of hydrogen-bond acceptors (Lipinski definition) is 3. The third kappa shape index (κ3) is 8.89. The first-order valence-electron chi connectivity index (χ1n) is 5.46. The number of hydrogen-bond donors (Lipinski definition) is 0. The molecule has 0 amide bonds. The Balaban J connectivity index is 0. The summed E-state index contributed by atoms with van der Waals surface area (Å²) in [5.74, 6) is -1.29. The van der Waals surface area contributed by atoms with Crippen LogP contribution in [0.3, 0.4) is 0 Å². The molecule has 0 aliphatic heterocycles. The number of benzene rings is 1. The summed E-state index contributed by atoms with van der Waals surface area (Å²) in [6.07, 6.45) is 1.55. The molecule has 0 fully saturated rings. The van der Waals surface area contributed by atoms with E-state index in [-0.39, 0.29) is 25.7 Å². The van der Waals surface area contributed by atoms with Crippen molar-refractivity contribution in [2.75, 3.05) is 14.1 Å². The van der Waals surface area contributed by atoms with Crippen LogP contribution >= 0.6 is 0 Å². The van der Waals surface area contributed by atoms with Crippen LogP contribution in [0.5, 0.6) is 0 Å². The summed E-state index contributed by atoms with van der Waals surface area (Å²) in [7, 11) is 3.06. The van der Waals surface area contributed by atoms with Crippen LogP contribution in [0.25, 0.3) is 11.3 Å². The number of halogens is 2. The SMILES string of the molecule is Fc1c[c-]c(-c2ccccn2)c(F)c1.[CH-]=NC.[CH-]=NC.[Ir+3]. The summed E-state index contributed by atoms with van der Waals surface area (Å²) >= 11 is 0. The summed E-state index contributed by atoms with van der Waals surface area (Å²) < 4.78 is 25.8. The van der Waals surface area contributed by atoms with E-state index >= 15 is 0 Å². The Morgan fingerprint density at radius 3 is 2.14 bits per heavy atom. The molecule has 3 nitrogen and oxygen atoms in total. The van der Waals surface area contributed by atoms with Crippen LogP contribution in [0.15, 0.2) is 46.5 Å². The van der Waals surface area contributed by atoms with Crippen molar-refractivity contribution in [3.05, 3.63) is 54.2 Å². The van der Waals surface area contributed by atoms with Crippen molar-refractivity contribution in [1.29, 1.82) is 0 Å². The Kier molecular flexibility index (Phi) is 13.5. The maximum absolute atomic E-state index is 13.2. The molecule has 0 aliphatic carbocycles. The average molecular weight is 467 g/mol. The van der Waals surface area contributed by atoms with Gasteiger partial charge < -0.3 is 28.4 Å². The fourth-order valence-electron chi connectivity index (χ4n) is 1.15. The first kappa shape index (κ1) is 21.5. The molecule has 0 saturated carbocycles. The van der Waals surface area contributed by atoms with E-state index in [1.54, 1.807) is 24.4 Å². The van der Waals surface area contributed by atoms with Gasteiger partial charge in [0.2, 0.25) is 0 Å². The van der Waals surface area contributed by atoms with E-state index in [1.165, 1.54) is 14.1 Å². The van der Waals surface area contributed by atoms with Crippen LogP contribution < -0.4 is 0 Å². The van der Waals surface area contributed by atoms with Crippen LogP contribution in [-0.4, -0.2) is 32.5 Å². The van der Waals surface area contributed by atoms with Gasteiger partial charge in [-0.05, 0) is 25.9 Å². The maximum atomic E-state index is 13.2. The smallest absolute Gasteiger partial charge is 0.509 e. The van der Waals surface area contributed by atoms with Gasteiger partial charge >= 0.3 is 20.1 Å². The van der Waals surface area contributed by atoms with E-state index in [1.807, 2.05) is 0 Å². The number of pyridine rings is 1. The molecule has 2 aromatic rings. The molecule has 1 heterocycles. The zero-order valence-corrected chi connectivity index (χ0v) is 13.9. The van der Waals surface area contributed by atoms with Gasteiger partial charge in [0, 0.05) is 17.8 Å². The second-order valence-corrected chi connectivity index (χ2v) is 3.27. The van der Waals surface area contributed by atoms with Gasteiger partial charge in [0.05, 0.1) is 0 Å². The van der Waals surface area contributed by atoms with Crippen molar-refractivity contribution in [1.82, 2.24) is 4.98 Å². The van der Waals surface area contributed by atoms with E-state index in [4.69, 9.17) is 0 Å². The van der Waals surface area contributed by atoms with Crippen molar-refractivity contribution in [2.45, 2.75) is 0 Å². The summed E-state index contributed by atoms with van der Waals surface area (Å²) in [5, 5.41) is 0. The minimum atomic E-state index is -0.649. The van der Waals surface area contributed by atoms with E-state index in [9.17, 15) is 8.78 Å². The summed E-state index contributed by atoms with van der Waals surface area (Å²) in [4.78, 5) is 9.95. The molecule has 1 aromatic carbocycles. The molecule has 6 heteroatoms. The fraction of sp³-hybridized carbons (Fsp3) is 0.133. The quantitative estimate of drug-likeness (QED) is 0.470. The molecule has 0 atom stereocenters. The monoisotopic (exact) mass is 467 g/mol. The molecule has 112 valence electrons. The van der Waals surface area contributed by atoms with E-state index in [0.717, 1.165) is 12.1 Å².